The molecule has 0 aliphatic carbocycles. The maximum absolute atomic E-state index is 9.13. The molecule has 1 fully saturated rings. The van der Waals surface area contributed by atoms with E-state index in [1.54, 1.807) is 19.2 Å². The molecule has 0 aromatic heterocycles. The average Bonchev–Trinajstić information content (AvgIpc) is 2.82. The van der Waals surface area contributed by atoms with Crippen LogP contribution in [0.4, 0.5) is 0 Å². The summed E-state index contributed by atoms with van der Waals surface area (Å²) in [5.41, 5.74) is 0.694. The van der Waals surface area contributed by atoms with Gasteiger partial charge in [-0.25, -0.2) is 0 Å². The van der Waals surface area contributed by atoms with Gasteiger partial charge in [-0.05, 0) is 37.5 Å². The van der Waals surface area contributed by atoms with Gasteiger partial charge in [0.2, 0.25) is 0 Å². The lowest BCUT2D eigenvalue weighted by Crippen LogP contribution is -2.18. The standard InChI is InChI=1S/C14H19ClO4/c1-9-3-4-11(19-9)8-18-14-12(15)5-10(7-16)6-13(14)17-2/h5-6,9,11,16H,3-4,7-8H2,1-2H3. The Morgan fingerprint density at radius 1 is 1.42 bits per heavy atom. The molecule has 4 nitrogen and oxygen atoms in total. The summed E-state index contributed by atoms with van der Waals surface area (Å²) < 4.78 is 16.7. The molecule has 0 bridgehead atoms. The number of ether oxygens (including phenoxy) is 3. The van der Waals surface area contributed by atoms with Gasteiger partial charge in [-0.3, -0.25) is 0 Å². The molecule has 2 unspecified atom stereocenters. The van der Waals surface area contributed by atoms with E-state index < -0.39 is 0 Å². The lowest BCUT2D eigenvalue weighted by Gasteiger charge is -2.16. The van der Waals surface area contributed by atoms with Crippen molar-refractivity contribution < 1.29 is 19.3 Å². The second-order valence-corrected chi connectivity index (χ2v) is 5.13. The first-order valence-corrected chi connectivity index (χ1v) is 6.77. The Kier molecular flexibility index (Phi) is 4.91. The van der Waals surface area contributed by atoms with E-state index in [9.17, 15) is 0 Å². The van der Waals surface area contributed by atoms with E-state index >= 15 is 0 Å². The molecule has 2 atom stereocenters. The molecular weight excluding hydrogens is 268 g/mol. The SMILES string of the molecule is COc1cc(CO)cc(Cl)c1OCC1CCC(C)O1. The Morgan fingerprint density at radius 2 is 2.21 bits per heavy atom. The summed E-state index contributed by atoms with van der Waals surface area (Å²) in [5.74, 6) is 1.03. The summed E-state index contributed by atoms with van der Waals surface area (Å²) in [6.07, 6.45) is 2.45. The normalized spacial score (nSPS) is 22.5. The topological polar surface area (TPSA) is 47.9 Å². The minimum atomic E-state index is -0.0837. The first-order chi connectivity index (χ1) is 9.13. The van der Waals surface area contributed by atoms with Gasteiger partial charge in [-0.1, -0.05) is 11.6 Å². The van der Waals surface area contributed by atoms with E-state index in [0.29, 0.717) is 34.8 Å². The van der Waals surface area contributed by atoms with Crippen LogP contribution in [0.2, 0.25) is 5.02 Å². The van der Waals surface area contributed by atoms with Crippen LogP contribution < -0.4 is 9.47 Å². The summed E-state index contributed by atoms with van der Waals surface area (Å²) in [6.45, 7) is 2.43. The highest BCUT2D eigenvalue weighted by Crippen LogP contribution is 2.37. The Balaban J connectivity index is 2.06. The maximum atomic E-state index is 9.13. The van der Waals surface area contributed by atoms with Gasteiger partial charge in [0.1, 0.15) is 6.61 Å². The minimum absolute atomic E-state index is 0.0837. The molecular formula is C14H19ClO4. The van der Waals surface area contributed by atoms with Crippen molar-refractivity contribution in [3.63, 3.8) is 0 Å². The van der Waals surface area contributed by atoms with Crippen LogP contribution in [-0.4, -0.2) is 31.0 Å². The molecule has 1 heterocycles. The van der Waals surface area contributed by atoms with Gasteiger partial charge in [0.15, 0.2) is 11.5 Å². The van der Waals surface area contributed by atoms with Crippen molar-refractivity contribution in [2.45, 2.75) is 38.6 Å². The average molecular weight is 287 g/mol. The van der Waals surface area contributed by atoms with Crippen LogP contribution in [0.5, 0.6) is 11.5 Å². The third-order valence-corrected chi connectivity index (χ3v) is 3.49. The third-order valence-electron chi connectivity index (χ3n) is 3.21. The van der Waals surface area contributed by atoms with Gasteiger partial charge in [0.05, 0.1) is 30.9 Å². The zero-order chi connectivity index (χ0) is 13.8. The van der Waals surface area contributed by atoms with Gasteiger partial charge < -0.3 is 19.3 Å². The smallest absolute Gasteiger partial charge is 0.179 e. The first-order valence-electron chi connectivity index (χ1n) is 6.39. The Morgan fingerprint density at radius 3 is 2.79 bits per heavy atom. The second-order valence-electron chi connectivity index (χ2n) is 4.72. The predicted octanol–water partition coefficient (Wildman–Crippen LogP) is 2.79. The summed E-state index contributed by atoms with van der Waals surface area (Å²) in [7, 11) is 1.55. The number of aliphatic hydroxyl groups excluding tert-OH is 1. The lowest BCUT2D eigenvalue weighted by atomic mass is 10.2. The second kappa shape index (κ2) is 6.46. The molecule has 0 saturated carbocycles. The van der Waals surface area contributed by atoms with Crippen molar-refractivity contribution in [1.29, 1.82) is 0 Å². The highest BCUT2D eigenvalue weighted by atomic mass is 35.5. The third kappa shape index (κ3) is 3.53. The molecule has 1 aromatic carbocycles. The molecule has 1 aromatic rings. The molecule has 1 aliphatic heterocycles. The summed E-state index contributed by atoms with van der Waals surface area (Å²) >= 11 is 6.15. The fraction of sp³-hybridized carbons (Fsp3) is 0.571. The zero-order valence-electron chi connectivity index (χ0n) is 11.2. The quantitative estimate of drug-likeness (QED) is 0.904. The number of rotatable bonds is 5. The van der Waals surface area contributed by atoms with Crippen LogP contribution in [0.3, 0.4) is 0 Å². The highest BCUT2D eigenvalue weighted by Gasteiger charge is 2.23. The molecule has 1 N–H and O–H groups in total. The zero-order valence-corrected chi connectivity index (χ0v) is 11.9. The molecule has 1 saturated heterocycles. The number of hydrogen-bond donors (Lipinski definition) is 1. The van der Waals surface area contributed by atoms with Crippen molar-refractivity contribution in [1.82, 2.24) is 0 Å². The molecule has 5 heteroatoms. The molecule has 1 aliphatic rings. The Bertz CT molecular complexity index is 436. The number of methoxy groups -OCH3 is 1. The van der Waals surface area contributed by atoms with E-state index in [1.807, 2.05) is 0 Å². The van der Waals surface area contributed by atoms with Gasteiger partial charge >= 0.3 is 0 Å². The summed E-state index contributed by atoms with van der Waals surface area (Å²) in [4.78, 5) is 0. The molecule has 0 amide bonds. The largest absolute Gasteiger partial charge is 0.493 e. The Labute approximate surface area is 118 Å². The molecule has 2 rings (SSSR count). The molecule has 106 valence electrons. The Hall–Kier alpha value is -0.970. The van der Waals surface area contributed by atoms with E-state index in [-0.39, 0.29) is 12.7 Å². The van der Waals surface area contributed by atoms with Gasteiger partial charge in [-0.15, -0.1) is 0 Å². The van der Waals surface area contributed by atoms with Crippen molar-refractivity contribution >= 4 is 11.6 Å². The molecule has 0 spiro atoms. The van der Waals surface area contributed by atoms with Crippen LogP contribution in [0.1, 0.15) is 25.3 Å². The minimum Gasteiger partial charge on any atom is -0.493 e. The van der Waals surface area contributed by atoms with Crippen molar-refractivity contribution in [2.24, 2.45) is 0 Å². The van der Waals surface area contributed by atoms with Gasteiger partial charge in [0, 0.05) is 0 Å². The van der Waals surface area contributed by atoms with Crippen LogP contribution in [0, 0.1) is 0 Å². The van der Waals surface area contributed by atoms with Gasteiger partial charge in [-0.2, -0.15) is 0 Å². The van der Waals surface area contributed by atoms with Gasteiger partial charge in [0.25, 0.3) is 0 Å². The van der Waals surface area contributed by atoms with Crippen LogP contribution in [-0.2, 0) is 11.3 Å². The highest BCUT2D eigenvalue weighted by molar-refractivity contribution is 6.32. The van der Waals surface area contributed by atoms with Crippen molar-refractivity contribution in [3.8, 4) is 11.5 Å². The first kappa shape index (κ1) is 14.4. The monoisotopic (exact) mass is 286 g/mol. The van der Waals surface area contributed by atoms with Crippen molar-refractivity contribution in [3.05, 3.63) is 22.7 Å². The van der Waals surface area contributed by atoms with Crippen LogP contribution in [0.25, 0.3) is 0 Å². The summed E-state index contributed by atoms with van der Waals surface area (Å²) in [5, 5.41) is 9.57. The van der Waals surface area contributed by atoms with E-state index in [2.05, 4.69) is 6.92 Å². The number of hydrogen-bond acceptors (Lipinski definition) is 4. The lowest BCUT2D eigenvalue weighted by molar-refractivity contribution is 0.0259. The maximum Gasteiger partial charge on any atom is 0.179 e. The van der Waals surface area contributed by atoms with Crippen molar-refractivity contribution in [2.75, 3.05) is 13.7 Å². The predicted molar refractivity (Wildman–Crippen MR) is 73.0 cm³/mol. The van der Waals surface area contributed by atoms with Crippen LogP contribution >= 0.6 is 11.6 Å². The number of benzene rings is 1. The number of aliphatic hydroxyl groups is 1. The molecule has 19 heavy (non-hydrogen) atoms. The van der Waals surface area contributed by atoms with Crippen LogP contribution in [0.15, 0.2) is 12.1 Å². The van der Waals surface area contributed by atoms with E-state index in [4.69, 9.17) is 30.9 Å². The summed E-state index contributed by atoms with van der Waals surface area (Å²) in [6, 6.07) is 3.40. The van der Waals surface area contributed by atoms with E-state index in [0.717, 1.165) is 12.8 Å². The fourth-order valence-corrected chi connectivity index (χ4v) is 2.48. The number of halogens is 1. The van der Waals surface area contributed by atoms with E-state index in [1.165, 1.54) is 0 Å². The fourth-order valence-electron chi connectivity index (χ4n) is 2.19. The molecule has 0 radical (unpaired) electrons.